The number of nitrogens with one attached hydrogen (secondary N) is 3. The Morgan fingerprint density at radius 3 is 3.00 bits per heavy atom. The van der Waals surface area contributed by atoms with Crippen molar-refractivity contribution in [1.29, 1.82) is 0 Å². The predicted octanol–water partition coefficient (Wildman–Crippen LogP) is 2.74. The van der Waals surface area contributed by atoms with Gasteiger partial charge in [0.2, 0.25) is 0 Å². The Bertz CT molecular complexity index is 1100. The lowest BCUT2D eigenvalue weighted by atomic mass is 10.1. The maximum absolute atomic E-state index is 12.4. The SMILES string of the molecule is CCc1ccc2nc(-c3[nH]ncc3NC(=O)c3ncccc3N)[nH]c2c1. The van der Waals surface area contributed by atoms with Crippen molar-refractivity contribution in [3.8, 4) is 11.5 Å². The summed E-state index contributed by atoms with van der Waals surface area (Å²) in [6.45, 7) is 2.10. The highest BCUT2D eigenvalue weighted by molar-refractivity contribution is 6.07. The molecular formula is C18H17N7O. The van der Waals surface area contributed by atoms with Crippen LogP contribution >= 0.6 is 0 Å². The number of anilines is 2. The van der Waals surface area contributed by atoms with Gasteiger partial charge in [0.1, 0.15) is 5.69 Å². The molecule has 1 amide bonds. The summed E-state index contributed by atoms with van der Waals surface area (Å²) in [6.07, 6.45) is 3.99. The first-order chi connectivity index (χ1) is 12.7. The van der Waals surface area contributed by atoms with Gasteiger partial charge in [0.25, 0.3) is 5.91 Å². The molecule has 130 valence electrons. The average molecular weight is 347 g/mol. The number of nitrogens with zero attached hydrogens (tertiary/aromatic N) is 3. The summed E-state index contributed by atoms with van der Waals surface area (Å²) in [4.78, 5) is 24.3. The lowest BCUT2D eigenvalue weighted by Gasteiger charge is -2.05. The second-order valence-electron chi connectivity index (χ2n) is 5.84. The predicted molar refractivity (Wildman–Crippen MR) is 99.7 cm³/mol. The number of aromatic amines is 2. The first-order valence-electron chi connectivity index (χ1n) is 8.20. The van der Waals surface area contributed by atoms with E-state index in [2.05, 4.69) is 43.5 Å². The van der Waals surface area contributed by atoms with Gasteiger partial charge in [0.05, 0.1) is 28.6 Å². The number of imidazole rings is 1. The van der Waals surface area contributed by atoms with Gasteiger partial charge in [0, 0.05) is 6.20 Å². The number of pyridine rings is 1. The Hall–Kier alpha value is -3.68. The molecule has 0 aliphatic carbocycles. The zero-order chi connectivity index (χ0) is 18.1. The second kappa shape index (κ2) is 6.32. The zero-order valence-electron chi connectivity index (χ0n) is 14.1. The Balaban J connectivity index is 1.67. The molecule has 26 heavy (non-hydrogen) atoms. The molecule has 0 aliphatic rings. The average Bonchev–Trinajstić information content (AvgIpc) is 3.27. The third kappa shape index (κ3) is 2.77. The van der Waals surface area contributed by atoms with Crippen LogP contribution in [0.1, 0.15) is 23.0 Å². The fraction of sp³-hybridized carbons (Fsp3) is 0.111. The van der Waals surface area contributed by atoms with Crippen LogP contribution < -0.4 is 11.1 Å². The van der Waals surface area contributed by atoms with Gasteiger partial charge in [-0.3, -0.25) is 9.89 Å². The summed E-state index contributed by atoms with van der Waals surface area (Å²) >= 11 is 0. The first-order valence-corrected chi connectivity index (χ1v) is 8.20. The van der Waals surface area contributed by atoms with Gasteiger partial charge in [-0.2, -0.15) is 5.10 Å². The van der Waals surface area contributed by atoms with E-state index in [0.717, 1.165) is 17.5 Å². The number of H-pyrrole nitrogens is 2. The number of benzene rings is 1. The minimum atomic E-state index is -0.407. The minimum Gasteiger partial charge on any atom is -0.397 e. The molecule has 0 radical (unpaired) electrons. The highest BCUT2D eigenvalue weighted by Gasteiger charge is 2.17. The van der Waals surface area contributed by atoms with Crippen LogP contribution in [0.25, 0.3) is 22.6 Å². The third-order valence-corrected chi connectivity index (χ3v) is 4.13. The van der Waals surface area contributed by atoms with E-state index in [4.69, 9.17) is 5.73 Å². The van der Waals surface area contributed by atoms with E-state index in [1.807, 2.05) is 12.1 Å². The molecule has 3 aromatic heterocycles. The molecule has 3 heterocycles. The summed E-state index contributed by atoms with van der Waals surface area (Å²) in [5.41, 5.74) is 10.4. The van der Waals surface area contributed by atoms with Gasteiger partial charge in [0.15, 0.2) is 11.5 Å². The molecular weight excluding hydrogens is 330 g/mol. The van der Waals surface area contributed by atoms with Crippen LogP contribution in [0.3, 0.4) is 0 Å². The monoisotopic (exact) mass is 347 g/mol. The van der Waals surface area contributed by atoms with Gasteiger partial charge in [-0.25, -0.2) is 9.97 Å². The number of carbonyl (C=O) groups is 1. The van der Waals surface area contributed by atoms with Gasteiger partial charge < -0.3 is 16.0 Å². The van der Waals surface area contributed by atoms with E-state index in [1.165, 1.54) is 18.0 Å². The molecule has 0 atom stereocenters. The number of nitrogens with two attached hydrogens (primary N) is 1. The Kier molecular flexibility index (Phi) is 3.85. The maximum Gasteiger partial charge on any atom is 0.276 e. The standard InChI is InChI=1S/C18H17N7O/c1-2-10-5-6-12-13(8-10)23-17(22-12)16-14(9-21-25-16)24-18(26)15-11(19)4-3-7-20-15/h3-9H,2,19H2,1H3,(H,21,25)(H,22,23)(H,24,26). The molecule has 0 saturated heterocycles. The van der Waals surface area contributed by atoms with Crippen LogP contribution in [0.15, 0.2) is 42.7 Å². The summed E-state index contributed by atoms with van der Waals surface area (Å²) in [5, 5.41) is 9.67. The van der Waals surface area contributed by atoms with Crippen LogP contribution in [0, 0.1) is 0 Å². The number of fused-ring (bicyclic) bond motifs is 1. The van der Waals surface area contributed by atoms with E-state index in [9.17, 15) is 4.79 Å². The first kappa shape index (κ1) is 15.8. The molecule has 0 fully saturated rings. The third-order valence-electron chi connectivity index (χ3n) is 4.13. The zero-order valence-corrected chi connectivity index (χ0v) is 14.1. The van der Waals surface area contributed by atoms with Crippen molar-refractivity contribution in [2.45, 2.75) is 13.3 Å². The maximum atomic E-state index is 12.4. The number of rotatable bonds is 4. The van der Waals surface area contributed by atoms with Crippen LogP contribution in [0.4, 0.5) is 11.4 Å². The molecule has 8 nitrogen and oxygen atoms in total. The largest absolute Gasteiger partial charge is 0.397 e. The Labute approximate surface area is 148 Å². The minimum absolute atomic E-state index is 0.164. The van der Waals surface area contributed by atoms with Crippen molar-refractivity contribution in [3.63, 3.8) is 0 Å². The number of nitrogen functional groups attached to an aromatic ring is 1. The molecule has 0 unspecified atom stereocenters. The molecule has 0 bridgehead atoms. The summed E-state index contributed by atoms with van der Waals surface area (Å²) in [7, 11) is 0. The fourth-order valence-corrected chi connectivity index (χ4v) is 2.75. The molecule has 4 rings (SSSR count). The molecule has 8 heteroatoms. The number of hydrogen-bond donors (Lipinski definition) is 4. The Morgan fingerprint density at radius 1 is 1.31 bits per heavy atom. The number of amides is 1. The normalized spacial score (nSPS) is 11.0. The van der Waals surface area contributed by atoms with Crippen molar-refractivity contribution in [1.82, 2.24) is 25.1 Å². The second-order valence-corrected chi connectivity index (χ2v) is 5.84. The van der Waals surface area contributed by atoms with E-state index >= 15 is 0 Å². The van der Waals surface area contributed by atoms with Crippen molar-refractivity contribution < 1.29 is 4.79 Å². The van der Waals surface area contributed by atoms with E-state index < -0.39 is 5.91 Å². The van der Waals surface area contributed by atoms with Crippen molar-refractivity contribution in [2.75, 3.05) is 11.1 Å². The van der Waals surface area contributed by atoms with E-state index in [1.54, 1.807) is 12.1 Å². The molecule has 0 spiro atoms. The van der Waals surface area contributed by atoms with Gasteiger partial charge >= 0.3 is 0 Å². The lowest BCUT2D eigenvalue weighted by Crippen LogP contribution is -2.15. The van der Waals surface area contributed by atoms with E-state index in [-0.39, 0.29) is 5.69 Å². The molecule has 5 N–H and O–H groups in total. The topological polar surface area (TPSA) is 125 Å². The van der Waals surface area contributed by atoms with Crippen molar-refractivity contribution in [3.05, 3.63) is 54.0 Å². The molecule has 0 aliphatic heterocycles. The van der Waals surface area contributed by atoms with Crippen LogP contribution in [-0.2, 0) is 6.42 Å². The lowest BCUT2D eigenvalue weighted by molar-refractivity contribution is 0.102. The summed E-state index contributed by atoms with van der Waals surface area (Å²) in [5.74, 6) is 0.185. The number of hydrogen-bond acceptors (Lipinski definition) is 5. The quantitative estimate of drug-likeness (QED) is 0.452. The van der Waals surface area contributed by atoms with Crippen LogP contribution in [0.5, 0.6) is 0 Å². The molecule has 1 aromatic carbocycles. The van der Waals surface area contributed by atoms with Gasteiger partial charge in [-0.05, 0) is 36.2 Å². The molecule has 0 saturated carbocycles. The van der Waals surface area contributed by atoms with Gasteiger partial charge in [-0.1, -0.05) is 13.0 Å². The summed E-state index contributed by atoms with van der Waals surface area (Å²) in [6, 6.07) is 9.38. The highest BCUT2D eigenvalue weighted by atomic mass is 16.1. The van der Waals surface area contributed by atoms with Crippen LogP contribution in [0.2, 0.25) is 0 Å². The van der Waals surface area contributed by atoms with Crippen molar-refractivity contribution >= 4 is 28.3 Å². The highest BCUT2D eigenvalue weighted by Crippen LogP contribution is 2.26. The Morgan fingerprint density at radius 2 is 2.19 bits per heavy atom. The van der Waals surface area contributed by atoms with Crippen molar-refractivity contribution in [2.24, 2.45) is 0 Å². The van der Waals surface area contributed by atoms with E-state index in [0.29, 0.717) is 22.9 Å². The summed E-state index contributed by atoms with van der Waals surface area (Å²) < 4.78 is 0. The van der Waals surface area contributed by atoms with Gasteiger partial charge in [-0.15, -0.1) is 0 Å². The molecule has 4 aromatic rings. The number of aryl methyl sites for hydroxylation is 1. The van der Waals surface area contributed by atoms with Crippen LogP contribution in [-0.4, -0.2) is 31.1 Å². The number of aromatic nitrogens is 5. The fourth-order valence-electron chi connectivity index (χ4n) is 2.75. The smallest absolute Gasteiger partial charge is 0.276 e. The number of carbonyl (C=O) groups excluding carboxylic acids is 1.